The second-order valence-corrected chi connectivity index (χ2v) is 4.75. The summed E-state index contributed by atoms with van der Waals surface area (Å²) in [4.78, 5) is 18.4. The van der Waals surface area contributed by atoms with Crippen molar-refractivity contribution in [1.82, 2.24) is 9.97 Å². The lowest BCUT2D eigenvalue weighted by atomic mass is 10.2. The van der Waals surface area contributed by atoms with Crippen molar-refractivity contribution in [2.45, 2.75) is 10.8 Å². The summed E-state index contributed by atoms with van der Waals surface area (Å²) in [5.74, 6) is 1.38. The molecular formula is C12H12N4O3S. The summed E-state index contributed by atoms with van der Waals surface area (Å²) in [6.07, 6.45) is 3.05. The maximum Gasteiger partial charge on any atom is 0.270 e. The topological polar surface area (TPSA) is 104 Å². The third-order valence-corrected chi connectivity index (χ3v) is 3.57. The van der Waals surface area contributed by atoms with E-state index in [4.69, 9.17) is 10.5 Å². The number of ether oxygens (including phenoxy) is 1. The molecule has 1 aromatic heterocycles. The highest BCUT2D eigenvalue weighted by atomic mass is 32.2. The summed E-state index contributed by atoms with van der Waals surface area (Å²) in [6, 6.07) is 4.47. The Hall–Kier alpha value is -2.35. The third kappa shape index (κ3) is 3.15. The summed E-state index contributed by atoms with van der Waals surface area (Å²) >= 11 is 1.35. The normalized spacial score (nSPS) is 10.2. The van der Waals surface area contributed by atoms with Crippen molar-refractivity contribution in [1.29, 1.82) is 0 Å². The zero-order chi connectivity index (χ0) is 14.5. The van der Waals surface area contributed by atoms with Crippen molar-refractivity contribution in [3.8, 4) is 5.75 Å². The summed E-state index contributed by atoms with van der Waals surface area (Å²) in [5.41, 5.74) is 6.43. The highest BCUT2D eigenvalue weighted by molar-refractivity contribution is 7.98. The first-order chi connectivity index (χ1) is 9.61. The van der Waals surface area contributed by atoms with Crippen LogP contribution < -0.4 is 10.5 Å². The minimum atomic E-state index is -0.440. The molecule has 0 aliphatic rings. The van der Waals surface area contributed by atoms with Gasteiger partial charge in [0.2, 0.25) is 0 Å². The van der Waals surface area contributed by atoms with E-state index >= 15 is 0 Å². The van der Waals surface area contributed by atoms with E-state index in [-0.39, 0.29) is 5.69 Å². The molecule has 0 spiro atoms. The molecule has 1 heterocycles. The van der Waals surface area contributed by atoms with Gasteiger partial charge in [-0.3, -0.25) is 10.1 Å². The monoisotopic (exact) mass is 292 g/mol. The SMILES string of the molecule is COc1ccc([N+](=O)[O-])cc1CSc1nccnc1N. The minimum Gasteiger partial charge on any atom is -0.496 e. The average molecular weight is 292 g/mol. The summed E-state index contributed by atoms with van der Waals surface area (Å²) in [5, 5.41) is 11.4. The van der Waals surface area contributed by atoms with Crippen molar-refractivity contribution in [3.63, 3.8) is 0 Å². The van der Waals surface area contributed by atoms with Gasteiger partial charge < -0.3 is 10.5 Å². The molecule has 1 aromatic carbocycles. The molecule has 0 saturated heterocycles. The fourth-order valence-electron chi connectivity index (χ4n) is 1.58. The number of rotatable bonds is 5. The van der Waals surface area contributed by atoms with Gasteiger partial charge >= 0.3 is 0 Å². The van der Waals surface area contributed by atoms with Crippen LogP contribution in [0.25, 0.3) is 0 Å². The van der Waals surface area contributed by atoms with Crippen molar-refractivity contribution >= 4 is 23.3 Å². The maximum absolute atomic E-state index is 10.8. The Kier molecular flexibility index (Phi) is 4.36. The lowest BCUT2D eigenvalue weighted by Crippen LogP contribution is -1.97. The van der Waals surface area contributed by atoms with Crippen LogP contribution in [0.4, 0.5) is 11.5 Å². The van der Waals surface area contributed by atoms with Crippen LogP contribution in [0.3, 0.4) is 0 Å². The first kappa shape index (κ1) is 14.1. The predicted octanol–water partition coefficient (Wildman–Crippen LogP) is 2.27. The maximum atomic E-state index is 10.8. The molecule has 0 aliphatic carbocycles. The number of benzene rings is 1. The molecule has 0 bridgehead atoms. The first-order valence-electron chi connectivity index (χ1n) is 5.62. The first-order valence-corrected chi connectivity index (χ1v) is 6.61. The Morgan fingerprint density at radius 2 is 2.15 bits per heavy atom. The molecule has 20 heavy (non-hydrogen) atoms. The molecule has 0 radical (unpaired) electrons. The Labute approximate surface area is 119 Å². The fraction of sp³-hybridized carbons (Fsp3) is 0.167. The number of nitrogen functional groups attached to an aromatic ring is 1. The quantitative estimate of drug-likeness (QED) is 0.512. The smallest absolute Gasteiger partial charge is 0.270 e. The van der Waals surface area contributed by atoms with Crippen LogP contribution in [0, 0.1) is 10.1 Å². The molecular weight excluding hydrogens is 280 g/mol. The van der Waals surface area contributed by atoms with Gasteiger partial charge in [-0.1, -0.05) is 11.8 Å². The number of nitrogens with two attached hydrogens (primary N) is 1. The molecule has 104 valence electrons. The van der Waals surface area contributed by atoms with Crippen LogP contribution in [-0.2, 0) is 5.75 Å². The number of methoxy groups -OCH3 is 1. The number of thioether (sulfide) groups is 1. The lowest BCUT2D eigenvalue weighted by Gasteiger charge is -2.08. The number of anilines is 1. The van der Waals surface area contributed by atoms with Gasteiger partial charge in [0.15, 0.2) is 5.82 Å². The molecule has 0 atom stereocenters. The standard InChI is InChI=1S/C12H12N4O3S/c1-19-10-3-2-9(16(17)18)6-8(10)7-20-12-11(13)14-4-5-15-12/h2-6H,7H2,1H3,(H2,13,14). The molecule has 2 rings (SSSR count). The zero-order valence-corrected chi connectivity index (χ0v) is 11.5. The van der Waals surface area contributed by atoms with E-state index in [0.29, 0.717) is 27.9 Å². The van der Waals surface area contributed by atoms with Crippen LogP contribution >= 0.6 is 11.8 Å². The number of hydrogen-bond donors (Lipinski definition) is 1. The Bertz CT molecular complexity index is 636. The van der Waals surface area contributed by atoms with Crippen molar-refractivity contribution in [3.05, 3.63) is 46.3 Å². The predicted molar refractivity (Wildman–Crippen MR) is 75.7 cm³/mol. The number of nitro groups is 1. The Morgan fingerprint density at radius 1 is 1.40 bits per heavy atom. The summed E-state index contributed by atoms with van der Waals surface area (Å²) in [6.45, 7) is 0. The van der Waals surface area contributed by atoms with Crippen LogP contribution in [0.1, 0.15) is 5.56 Å². The molecule has 0 unspecified atom stereocenters. The van der Waals surface area contributed by atoms with Gasteiger partial charge in [0.25, 0.3) is 5.69 Å². The second-order valence-electron chi connectivity index (χ2n) is 3.79. The molecule has 0 amide bonds. The van der Waals surface area contributed by atoms with E-state index in [1.807, 2.05) is 0 Å². The fourth-order valence-corrected chi connectivity index (χ4v) is 2.44. The third-order valence-electron chi connectivity index (χ3n) is 2.53. The summed E-state index contributed by atoms with van der Waals surface area (Å²) in [7, 11) is 1.52. The van der Waals surface area contributed by atoms with E-state index < -0.39 is 4.92 Å². The van der Waals surface area contributed by atoms with Gasteiger partial charge in [-0.2, -0.15) is 0 Å². The lowest BCUT2D eigenvalue weighted by molar-refractivity contribution is -0.384. The number of non-ortho nitro benzene ring substituents is 1. The van der Waals surface area contributed by atoms with E-state index in [1.165, 1.54) is 37.2 Å². The van der Waals surface area contributed by atoms with Gasteiger partial charge in [-0.25, -0.2) is 9.97 Å². The minimum absolute atomic E-state index is 0.0218. The number of hydrogen-bond acceptors (Lipinski definition) is 7. The van der Waals surface area contributed by atoms with Gasteiger partial charge in [0, 0.05) is 35.8 Å². The van der Waals surface area contributed by atoms with Gasteiger partial charge in [-0.15, -0.1) is 0 Å². The molecule has 0 saturated carbocycles. The number of aromatic nitrogens is 2. The molecule has 7 nitrogen and oxygen atoms in total. The van der Waals surface area contributed by atoms with E-state index in [2.05, 4.69) is 9.97 Å². The van der Waals surface area contributed by atoms with E-state index in [1.54, 1.807) is 12.3 Å². The van der Waals surface area contributed by atoms with Crippen LogP contribution in [-0.4, -0.2) is 22.0 Å². The number of nitrogens with zero attached hydrogens (tertiary/aromatic N) is 3. The van der Waals surface area contributed by atoms with Gasteiger partial charge in [0.1, 0.15) is 10.8 Å². The van der Waals surface area contributed by atoms with Crippen LogP contribution in [0.5, 0.6) is 5.75 Å². The van der Waals surface area contributed by atoms with Crippen LogP contribution in [0.15, 0.2) is 35.6 Å². The van der Waals surface area contributed by atoms with E-state index in [9.17, 15) is 10.1 Å². The van der Waals surface area contributed by atoms with Crippen molar-refractivity contribution in [2.75, 3.05) is 12.8 Å². The largest absolute Gasteiger partial charge is 0.496 e. The molecule has 2 N–H and O–H groups in total. The highest BCUT2D eigenvalue weighted by Gasteiger charge is 2.12. The molecule has 8 heteroatoms. The summed E-state index contributed by atoms with van der Waals surface area (Å²) < 4.78 is 5.20. The van der Waals surface area contributed by atoms with Crippen LogP contribution in [0.2, 0.25) is 0 Å². The van der Waals surface area contributed by atoms with Crippen molar-refractivity contribution in [2.24, 2.45) is 0 Å². The highest BCUT2D eigenvalue weighted by Crippen LogP contribution is 2.31. The Balaban J connectivity index is 2.22. The van der Waals surface area contributed by atoms with Crippen molar-refractivity contribution < 1.29 is 9.66 Å². The van der Waals surface area contributed by atoms with Gasteiger partial charge in [0.05, 0.1) is 12.0 Å². The number of nitro benzene ring substituents is 1. The van der Waals surface area contributed by atoms with E-state index in [0.717, 1.165) is 0 Å². The van der Waals surface area contributed by atoms with Gasteiger partial charge in [-0.05, 0) is 6.07 Å². The molecule has 0 fully saturated rings. The molecule has 0 aliphatic heterocycles. The zero-order valence-electron chi connectivity index (χ0n) is 10.6. The Morgan fingerprint density at radius 3 is 2.80 bits per heavy atom. The molecule has 2 aromatic rings. The second kappa shape index (κ2) is 6.20. The average Bonchev–Trinajstić information content (AvgIpc) is 2.46.